The predicted octanol–water partition coefficient (Wildman–Crippen LogP) is 2.71. The number of amides is 2. The molecule has 1 aromatic rings. The zero-order valence-corrected chi connectivity index (χ0v) is 18.6. The van der Waals surface area contributed by atoms with Gasteiger partial charge in [-0.2, -0.15) is 0 Å². The minimum absolute atomic E-state index is 0.0348. The van der Waals surface area contributed by atoms with Crippen molar-refractivity contribution in [2.45, 2.75) is 39.2 Å². The number of anilines is 1. The molecule has 1 aliphatic heterocycles. The van der Waals surface area contributed by atoms with Crippen molar-refractivity contribution in [2.75, 3.05) is 58.8 Å². The lowest BCUT2D eigenvalue weighted by Gasteiger charge is -2.31. The van der Waals surface area contributed by atoms with Crippen molar-refractivity contribution >= 4 is 17.5 Å². The molecular weight excluding hydrogens is 390 g/mol. The molecule has 1 aromatic carbocycles. The Hall–Kier alpha value is -2.06. The number of carbonyl (C=O) groups excluding carboxylic acids is 2. The number of halogens is 2. The van der Waals surface area contributed by atoms with E-state index in [1.165, 1.54) is 4.90 Å². The predicted molar refractivity (Wildman–Crippen MR) is 114 cm³/mol. The number of hydrogen-bond donors (Lipinski definition) is 0. The number of carbonyl (C=O) groups is 2. The minimum atomic E-state index is -0.989. The molecule has 1 heterocycles. The summed E-state index contributed by atoms with van der Waals surface area (Å²) in [5.41, 5.74) is 0.817. The van der Waals surface area contributed by atoms with E-state index >= 15 is 0 Å². The quantitative estimate of drug-likeness (QED) is 0.746. The molecule has 6 nitrogen and oxygen atoms in total. The molecule has 0 unspecified atom stereocenters. The first-order valence-electron chi connectivity index (χ1n) is 10.6. The van der Waals surface area contributed by atoms with Crippen molar-refractivity contribution in [2.24, 2.45) is 0 Å². The van der Waals surface area contributed by atoms with Crippen molar-refractivity contribution in [3.8, 4) is 0 Å². The fourth-order valence-electron chi connectivity index (χ4n) is 3.64. The summed E-state index contributed by atoms with van der Waals surface area (Å²) in [5, 5.41) is 0. The summed E-state index contributed by atoms with van der Waals surface area (Å²) in [5.74, 6) is -2.14. The molecule has 0 aliphatic carbocycles. The summed E-state index contributed by atoms with van der Waals surface area (Å²) in [7, 11) is 5.82. The minimum Gasteiger partial charge on any atom is -0.338 e. The monoisotopic (exact) mass is 424 g/mol. The van der Waals surface area contributed by atoms with Crippen LogP contribution in [0.5, 0.6) is 0 Å². The average molecular weight is 425 g/mol. The Morgan fingerprint density at radius 1 is 1.00 bits per heavy atom. The first-order valence-corrected chi connectivity index (χ1v) is 10.6. The van der Waals surface area contributed by atoms with E-state index < -0.39 is 11.6 Å². The third-order valence-corrected chi connectivity index (χ3v) is 5.39. The largest absolute Gasteiger partial charge is 0.338 e. The van der Waals surface area contributed by atoms with Crippen LogP contribution in [0.15, 0.2) is 12.1 Å². The van der Waals surface area contributed by atoms with Crippen molar-refractivity contribution < 1.29 is 18.4 Å². The van der Waals surface area contributed by atoms with Crippen LogP contribution in [0.4, 0.5) is 14.5 Å². The van der Waals surface area contributed by atoms with E-state index in [0.717, 1.165) is 38.1 Å². The van der Waals surface area contributed by atoms with Gasteiger partial charge >= 0.3 is 0 Å². The Morgan fingerprint density at radius 3 is 2.27 bits per heavy atom. The van der Waals surface area contributed by atoms with Gasteiger partial charge in [0.2, 0.25) is 11.8 Å². The molecule has 8 heteroatoms. The summed E-state index contributed by atoms with van der Waals surface area (Å²) in [4.78, 5) is 32.8. The number of hydrogen-bond acceptors (Lipinski definition) is 4. The summed E-state index contributed by atoms with van der Waals surface area (Å²) in [6, 6.07) is 2.22. The number of fused-ring (bicyclic) bond motifs is 1. The van der Waals surface area contributed by atoms with Crippen LogP contribution in [0.25, 0.3) is 0 Å². The molecule has 0 spiro atoms. The highest BCUT2D eigenvalue weighted by Crippen LogP contribution is 2.27. The van der Waals surface area contributed by atoms with Gasteiger partial charge in [-0.15, -0.1) is 0 Å². The lowest BCUT2D eigenvalue weighted by atomic mass is 10.1. The molecule has 2 amide bonds. The van der Waals surface area contributed by atoms with Crippen LogP contribution in [0, 0.1) is 11.6 Å². The molecule has 0 saturated carbocycles. The Morgan fingerprint density at radius 2 is 1.63 bits per heavy atom. The summed E-state index contributed by atoms with van der Waals surface area (Å²) in [6.45, 7) is 5.06. The molecule has 0 aromatic heterocycles. The molecule has 0 fully saturated rings. The fourth-order valence-corrected chi connectivity index (χ4v) is 3.64. The van der Waals surface area contributed by atoms with Gasteiger partial charge in [0.05, 0.1) is 5.69 Å². The molecule has 0 radical (unpaired) electrons. The summed E-state index contributed by atoms with van der Waals surface area (Å²) >= 11 is 0. The van der Waals surface area contributed by atoms with Crippen LogP contribution in [-0.4, -0.2) is 80.4 Å². The smallest absolute Gasteiger partial charge is 0.226 e. The zero-order chi connectivity index (χ0) is 22.3. The molecule has 0 N–H and O–H groups in total. The van der Waals surface area contributed by atoms with Crippen LogP contribution in [0.3, 0.4) is 0 Å². The van der Waals surface area contributed by atoms with Crippen LogP contribution in [0.1, 0.15) is 38.2 Å². The fraction of sp³-hybridized carbons (Fsp3) is 0.636. The van der Waals surface area contributed by atoms with Gasteiger partial charge in [-0.3, -0.25) is 9.59 Å². The lowest BCUT2D eigenvalue weighted by Crippen LogP contribution is -2.38. The number of benzene rings is 1. The topological polar surface area (TPSA) is 47.1 Å². The van der Waals surface area contributed by atoms with E-state index in [1.54, 1.807) is 11.8 Å². The average Bonchev–Trinajstić information content (AvgIpc) is 2.69. The van der Waals surface area contributed by atoms with Gasteiger partial charge < -0.3 is 19.6 Å². The van der Waals surface area contributed by atoms with Crippen molar-refractivity contribution in [1.82, 2.24) is 14.7 Å². The molecule has 168 valence electrons. The maximum Gasteiger partial charge on any atom is 0.226 e. The first-order chi connectivity index (χ1) is 14.2. The maximum absolute atomic E-state index is 14.1. The maximum atomic E-state index is 14.1. The first kappa shape index (κ1) is 24.2. The van der Waals surface area contributed by atoms with Gasteiger partial charge in [-0.1, -0.05) is 6.92 Å². The summed E-state index contributed by atoms with van der Waals surface area (Å²) in [6.07, 6.45) is 2.13. The third-order valence-electron chi connectivity index (χ3n) is 5.39. The normalized spacial score (nSPS) is 16.8. The van der Waals surface area contributed by atoms with Crippen molar-refractivity contribution in [3.05, 3.63) is 29.3 Å². The molecular formula is C22H34F2N4O2. The number of nitrogens with zero attached hydrogens (tertiary/aromatic N) is 4. The highest BCUT2D eigenvalue weighted by molar-refractivity contribution is 5.94. The SMILES string of the molecule is CCC(=O)N1CCCN(C)CCCN(C(=O)CCN(C)C)Cc2cc(F)c(F)cc21. The van der Waals surface area contributed by atoms with E-state index in [4.69, 9.17) is 0 Å². The van der Waals surface area contributed by atoms with Crippen LogP contribution in [-0.2, 0) is 16.1 Å². The van der Waals surface area contributed by atoms with E-state index in [1.807, 2.05) is 26.0 Å². The second-order valence-electron chi connectivity index (χ2n) is 8.17. The molecule has 0 saturated heterocycles. The Kier molecular flexibility index (Phi) is 9.17. The Bertz CT molecular complexity index is 742. The van der Waals surface area contributed by atoms with Gasteiger partial charge in [0.1, 0.15) is 0 Å². The lowest BCUT2D eigenvalue weighted by molar-refractivity contribution is -0.132. The second kappa shape index (κ2) is 11.4. The standard InChI is InChI=1S/C22H34F2N4O2/c1-5-21(29)28-12-7-10-26(4)9-6-11-27(22(30)8-13-25(2)3)16-17-14-18(23)19(24)15-20(17)28/h14-15H,5-13,16H2,1-4H3. The van der Waals surface area contributed by atoms with Gasteiger partial charge in [0.25, 0.3) is 0 Å². The zero-order valence-electron chi connectivity index (χ0n) is 18.6. The number of rotatable bonds is 4. The molecule has 0 atom stereocenters. The third kappa shape index (κ3) is 6.74. The van der Waals surface area contributed by atoms with Gasteiger partial charge in [0, 0.05) is 45.1 Å². The van der Waals surface area contributed by atoms with Gasteiger partial charge in [-0.05, 0) is 58.7 Å². The second-order valence-corrected chi connectivity index (χ2v) is 8.17. The van der Waals surface area contributed by atoms with Crippen molar-refractivity contribution in [3.63, 3.8) is 0 Å². The molecule has 0 bridgehead atoms. The van der Waals surface area contributed by atoms with Gasteiger partial charge in [0.15, 0.2) is 11.6 Å². The van der Waals surface area contributed by atoms with Crippen molar-refractivity contribution in [1.29, 1.82) is 0 Å². The van der Waals surface area contributed by atoms with E-state index in [2.05, 4.69) is 4.90 Å². The van der Waals surface area contributed by atoms with Crippen LogP contribution >= 0.6 is 0 Å². The summed E-state index contributed by atoms with van der Waals surface area (Å²) < 4.78 is 28.2. The van der Waals surface area contributed by atoms with E-state index in [-0.39, 0.29) is 24.8 Å². The Balaban J connectivity index is 2.43. The van der Waals surface area contributed by atoms with Crippen LogP contribution < -0.4 is 4.90 Å². The van der Waals surface area contributed by atoms with Crippen LogP contribution in [0.2, 0.25) is 0 Å². The molecule has 2 rings (SSSR count). The molecule has 30 heavy (non-hydrogen) atoms. The Labute approximate surface area is 178 Å². The highest BCUT2D eigenvalue weighted by Gasteiger charge is 2.24. The molecule has 1 aliphatic rings. The van der Waals surface area contributed by atoms with E-state index in [0.29, 0.717) is 37.3 Å². The van der Waals surface area contributed by atoms with E-state index in [9.17, 15) is 18.4 Å². The highest BCUT2D eigenvalue weighted by atomic mass is 19.2. The van der Waals surface area contributed by atoms with Gasteiger partial charge in [-0.25, -0.2) is 8.78 Å².